The molecular formula is C38H35NS. The monoisotopic (exact) mass is 537 g/mol. The van der Waals surface area contributed by atoms with Crippen LogP contribution in [0.5, 0.6) is 0 Å². The zero-order chi connectivity index (χ0) is 27.3. The number of thiophene rings is 1. The first kappa shape index (κ1) is 26.1. The average Bonchev–Trinajstić information content (AvgIpc) is 3.55. The van der Waals surface area contributed by atoms with Gasteiger partial charge in [0.2, 0.25) is 0 Å². The summed E-state index contributed by atoms with van der Waals surface area (Å²) in [7, 11) is 0. The zero-order valence-corrected chi connectivity index (χ0v) is 24.1. The number of para-hydroxylation sites is 2. The molecule has 0 spiro atoms. The lowest BCUT2D eigenvalue weighted by atomic mass is 9.88. The average molecular weight is 538 g/mol. The van der Waals surface area contributed by atoms with Crippen LogP contribution in [0, 0.1) is 0 Å². The van der Waals surface area contributed by atoms with Gasteiger partial charge in [0.15, 0.2) is 0 Å². The molecular weight excluding hydrogens is 502 g/mol. The largest absolute Gasteiger partial charge is 0.310 e. The number of nitrogens with zero attached hydrogens (tertiary/aromatic N) is 1. The van der Waals surface area contributed by atoms with E-state index in [0.29, 0.717) is 0 Å². The summed E-state index contributed by atoms with van der Waals surface area (Å²) in [6, 6.07) is 42.1. The molecule has 0 saturated heterocycles. The molecule has 0 N–H and O–H groups in total. The Kier molecular flexibility index (Phi) is 7.79. The number of fused-ring (bicyclic) bond motifs is 3. The molecule has 2 heteroatoms. The third kappa shape index (κ3) is 5.08. The van der Waals surface area contributed by atoms with Crippen molar-refractivity contribution in [2.45, 2.75) is 39.5 Å². The smallest absolute Gasteiger partial charge is 0.0546 e. The first-order valence-electron chi connectivity index (χ1n) is 14.4. The quantitative estimate of drug-likeness (QED) is 0.166. The molecule has 1 heterocycles. The highest BCUT2D eigenvalue weighted by molar-refractivity contribution is 7.08. The predicted octanol–water partition coefficient (Wildman–Crippen LogP) is 12.0. The van der Waals surface area contributed by atoms with Gasteiger partial charge in [-0.25, -0.2) is 0 Å². The van der Waals surface area contributed by atoms with Gasteiger partial charge in [-0.1, -0.05) is 99.5 Å². The van der Waals surface area contributed by atoms with E-state index in [1.165, 1.54) is 49.5 Å². The van der Waals surface area contributed by atoms with Crippen molar-refractivity contribution in [1.29, 1.82) is 0 Å². The Morgan fingerprint density at radius 3 is 1.77 bits per heavy atom. The Morgan fingerprint density at radius 1 is 0.575 bits per heavy atom. The van der Waals surface area contributed by atoms with Crippen molar-refractivity contribution in [3.05, 3.63) is 137 Å². The third-order valence-corrected chi connectivity index (χ3v) is 8.37. The van der Waals surface area contributed by atoms with Gasteiger partial charge >= 0.3 is 0 Å². The van der Waals surface area contributed by atoms with Gasteiger partial charge in [-0.15, -0.1) is 0 Å². The number of allylic oxidation sites excluding steroid dienone is 2. The van der Waals surface area contributed by atoms with Gasteiger partial charge in [0, 0.05) is 16.8 Å². The van der Waals surface area contributed by atoms with Crippen LogP contribution < -0.4 is 4.90 Å². The van der Waals surface area contributed by atoms with Crippen molar-refractivity contribution < 1.29 is 0 Å². The minimum atomic E-state index is 1.09. The number of benzene rings is 5. The molecule has 0 unspecified atom stereocenters. The van der Waals surface area contributed by atoms with E-state index in [0.717, 1.165) is 37.1 Å². The Hall–Kier alpha value is -4.14. The molecule has 0 atom stereocenters. The first-order valence-corrected chi connectivity index (χ1v) is 15.3. The molecule has 0 bridgehead atoms. The molecule has 6 rings (SSSR count). The van der Waals surface area contributed by atoms with Crippen molar-refractivity contribution >= 4 is 61.1 Å². The van der Waals surface area contributed by atoms with E-state index in [1.807, 2.05) is 0 Å². The summed E-state index contributed by atoms with van der Waals surface area (Å²) in [6.45, 7) is 4.58. The van der Waals surface area contributed by atoms with Gasteiger partial charge in [0.05, 0.1) is 5.69 Å². The number of hydrogen-bond acceptors (Lipinski definition) is 2. The van der Waals surface area contributed by atoms with E-state index in [9.17, 15) is 0 Å². The molecule has 0 fully saturated rings. The lowest BCUT2D eigenvalue weighted by Gasteiger charge is -2.27. The van der Waals surface area contributed by atoms with Crippen LogP contribution in [0.15, 0.2) is 126 Å². The first-order chi connectivity index (χ1) is 19.8. The van der Waals surface area contributed by atoms with Crippen LogP contribution in [0.3, 0.4) is 0 Å². The Morgan fingerprint density at radius 2 is 1.18 bits per heavy atom. The highest BCUT2D eigenvalue weighted by Crippen LogP contribution is 2.43. The van der Waals surface area contributed by atoms with Crippen molar-refractivity contribution in [1.82, 2.24) is 0 Å². The lowest BCUT2D eigenvalue weighted by molar-refractivity contribution is 0.945. The molecule has 1 nitrogen and oxygen atoms in total. The Balaban J connectivity index is 1.59. The molecule has 0 aliphatic heterocycles. The molecule has 0 aliphatic carbocycles. The number of rotatable bonds is 9. The van der Waals surface area contributed by atoms with Gasteiger partial charge in [0.1, 0.15) is 0 Å². The van der Waals surface area contributed by atoms with E-state index in [1.54, 1.807) is 11.3 Å². The fourth-order valence-electron chi connectivity index (χ4n) is 5.91. The Labute approximate surface area is 242 Å². The van der Waals surface area contributed by atoms with Crippen molar-refractivity contribution in [2.24, 2.45) is 0 Å². The molecule has 40 heavy (non-hydrogen) atoms. The normalized spacial score (nSPS) is 12.1. The lowest BCUT2D eigenvalue weighted by Crippen LogP contribution is -2.10. The molecule has 6 aromatic rings. The maximum atomic E-state index is 2.45. The van der Waals surface area contributed by atoms with Gasteiger partial charge in [-0.3, -0.25) is 0 Å². The second kappa shape index (κ2) is 11.9. The summed E-state index contributed by atoms with van der Waals surface area (Å²) in [4.78, 5) is 2.38. The molecule has 5 aromatic carbocycles. The third-order valence-electron chi connectivity index (χ3n) is 7.69. The molecule has 0 aliphatic rings. The fourth-order valence-corrected chi connectivity index (χ4v) is 6.58. The van der Waals surface area contributed by atoms with Crippen LogP contribution in [0.4, 0.5) is 17.1 Å². The van der Waals surface area contributed by atoms with E-state index in [4.69, 9.17) is 0 Å². The van der Waals surface area contributed by atoms with E-state index in [-0.39, 0.29) is 0 Å². The van der Waals surface area contributed by atoms with Gasteiger partial charge in [-0.2, -0.15) is 11.3 Å². The van der Waals surface area contributed by atoms with Gasteiger partial charge in [0.25, 0.3) is 0 Å². The summed E-state index contributed by atoms with van der Waals surface area (Å²) >= 11 is 1.79. The van der Waals surface area contributed by atoms with Crippen molar-refractivity contribution in [3.8, 4) is 0 Å². The maximum absolute atomic E-state index is 2.45. The minimum absolute atomic E-state index is 1.09. The van der Waals surface area contributed by atoms with Crippen molar-refractivity contribution in [2.75, 3.05) is 4.90 Å². The SMILES string of the molecule is CCC/C(=C(/CCC)c1ccc2cc(N(c3ccccc3)c3ccccc3)c3ccccc3c2c1)c1ccsc1. The highest BCUT2D eigenvalue weighted by Gasteiger charge is 2.18. The predicted molar refractivity (Wildman–Crippen MR) is 177 cm³/mol. The molecule has 0 saturated carbocycles. The van der Waals surface area contributed by atoms with Crippen LogP contribution in [0.2, 0.25) is 0 Å². The summed E-state index contributed by atoms with van der Waals surface area (Å²) in [5.41, 5.74) is 9.24. The van der Waals surface area contributed by atoms with Crippen molar-refractivity contribution in [3.63, 3.8) is 0 Å². The Bertz CT molecular complexity index is 1710. The number of anilines is 3. The molecule has 1 aromatic heterocycles. The molecule has 198 valence electrons. The van der Waals surface area contributed by atoms with E-state index < -0.39 is 0 Å². The van der Waals surface area contributed by atoms with Crippen LogP contribution >= 0.6 is 11.3 Å². The van der Waals surface area contributed by atoms with Crippen LogP contribution in [0.25, 0.3) is 32.7 Å². The second-order valence-corrected chi connectivity index (χ2v) is 11.1. The molecule has 0 amide bonds. The topological polar surface area (TPSA) is 3.24 Å². The zero-order valence-electron chi connectivity index (χ0n) is 23.3. The van der Waals surface area contributed by atoms with Gasteiger partial charge in [-0.05, 0) is 104 Å². The summed E-state index contributed by atoms with van der Waals surface area (Å²) in [5.74, 6) is 0. The fraction of sp³-hybridized carbons (Fsp3) is 0.158. The molecule has 0 radical (unpaired) electrons. The standard InChI is InChI=1S/C38H35NS/c1-3-13-33(34(14-4-2)30-23-24-40-27-30)28-21-22-29-26-38(36-20-12-11-19-35(36)37(29)25-28)39(31-15-7-5-8-16-31)32-17-9-6-10-18-32/h5-12,15-27H,3-4,13-14H2,1-2H3/b34-33+. The summed E-state index contributed by atoms with van der Waals surface area (Å²) in [5, 5.41) is 9.63. The maximum Gasteiger partial charge on any atom is 0.0546 e. The summed E-state index contributed by atoms with van der Waals surface area (Å²) < 4.78 is 0. The minimum Gasteiger partial charge on any atom is -0.310 e. The number of hydrogen-bond donors (Lipinski definition) is 0. The summed E-state index contributed by atoms with van der Waals surface area (Å²) in [6.07, 6.45) is 4.47. The van der Waals surface area contributed by atoms with Gasteiger partial charge < -0.3 is 4.90 Å². The second-order valence-electron chi connectivity index (χ2n) is 10.4. The van der Waals surface area contributed by atoms with Crippen LogP contribution in [-0.4, -0.2) is 0 Å². The van der Waals surface area contributed by atoms with Crippen LogP contribution in [0.1, 0.15) is 50.7 Å². The van der Waals surface area contributed by atoms with E-state index >= 15 is 0 Å². The highest BCUT2D eigenvalue weighted by atomic mass is 32.1. The van der Waals surface area contributed by atoms with Crippen LogP contribution in [-0.2, 0) is 0 Å². The van der Waals surface area contributed by atoms with E-state index in [2.05, 4.69) is 145 Å².